The Morgan fingerprint density at radius 2 is 2.00 bits per heavy atom. The second-order valence-electron chi connectivity index (χ2n) is 9.74. The van der Waals surface area contributed by atoms with E-state index in [1.165, 1.54) is 18.2 Å². The standard InChI is InChI=1S/C23H30ClFN6O3/c1-23(2,3)27-22(33)30-12-15(11-29-6-8-34-9-7-29)31-18(13-30)19(21(26)32)20(28-31)14-4-5-17(25)16(24)10-14/h4-5,10,15H,6-9,11-13H2,1-3H3,(H2,26,32)(H,27,33)/t15-/m0/s1. The molecule has 2 aliphatic rings. The van der Waals surface area contributed by atoms with E-state index in [0.29, 0.717) is 43.3 Å². The van der Waals surface area contributed by atoms with Gasteiger partial charge in [-0.05, 0) is 39.0 Å². The molecule has 9 nitrogen and oxygen atoms in total. The molecule has 1 saturated heterocycles. The average Bonchev–Trinajstić information content (AvgIpc) is 3.15. The molecule has 0 unspecified atom stereocenters. The highest BCUT2D eigenvalue weighted by Gasteiger charge is 2.36. The lowest BCUT2D eigenvalue weighted by molar-refractivity contribution is 0.0259. The van der Waals surface area contributed by atoms with Crippen LogP contribution in [0.25, 0.3) is 11.3 Å². The number of nitrogens with zero attached hydrogens (tertiary/aromatic N) is 4. The molecule has 3 heterocycles. The monoisotopic (exact) mass is 492 g/mol. The fourth-order valence-corrected chi connectivity index (χ4v) is 4.56. The summed E-state index contributed by atoms with van der Waals surface area (Å²) in [6.07, 6.45) is 0. The Morgan fingerprint density at radius 3 is 2.62 bits per heavy atom. The van der Waals surface area contributed by atoms with E-state index < -0.39 is 17.3 Å². The lowest BCUT2D eigenvalue weighted by Crippen LogP contribution is -2.53. The van der Waals surface area contributed by atoms with Crippen molar-refractivity contribution < 1.29 is 18.7 Å². The summed E-state index contributed by atoms with van der Waals surface area (Å²) in [6, 6.07) is 3.74. The van der Waals surface area contributed by atoms with Crippen LogP contribution in [-0.2, 0) is 11.3 Å². The number of rotatable bonds is 4. The van der Waals surface area contributed by atoms with Gasteiger partial charge >= 0.3 is 6.03 Å². The smallest absolute Gasteiger partial charge is 0.318 e. The summed E-state index contributed by atoms with van der Waals surface area (Å²) >= 11 is 6.00. The molecule has 2 aromatic rings. The van der Waals surface area contributed by atoms with Crippen molar-refractivity contribution in [3.05, 3.63) is 40.3 Å². The zero-order valence-corrected chi connectivity index (χ0v) is 20.4. The van der Waals surface area contributed by atoms with Gasteiger partial charge in [-0.15, -0.1) is 0 Å². The normalized spacial score (nSPS) is 19.1. The first-order valence-corrected chi connectivity index (χ1v) is 11.6. The Balaban J connectivity index is 1.77. The van der Waals surface area contributed by atoms with Crippen molar-refractivity contribution in [3.8, 4) is 11.3 Å². The number of nitrogens with one attached hydrogen (secondary N) is 1. The quantitative estimate of drug-likeness (QED) is 0.682. The van der Waals surface area contributed by atoms with Gasteiger partial charge in [0.05, 0.1) is 42.1 Å². The molecule has 0 spiro atoms. The van der Waals surface area contributed by atoms with Gasteiger partial charge in [0.2, 0.25) is 0 Å². The van der Waals surface area contributed by atoms with E-state index in [2.05, 4.69) is 10.2 Å². The number of aromatic nitrogens is 2. The van der Waals surface area contributed by atoms with Crippen molar-refractivity contribution in [2.75, 3.05) is 39.4 Å². The van der Waals surface area contributed by atoms with Crippen molar-refractivity contribution in [1.82, 2.24) is 24.9 Å². The summed E-state index contributed by atoms with van der Waals surface area (Å²) in [6.45, 7) is 9.75. The minimum absolute atomic E-state index is 0.0741. The fraction of sp³-hybridized carbons (Fsp3) is 0.522. The van der Waals surface area contributed by atoms with Crippen LogP contribution in [0.1, 0.15) is 42.9 Å². The zero-order chi connectivity index (χ0) is 24.6. The maximum absolute atomic E-state index is 13.8. The van der Waals surface area contributed by atoms with Gasteiger partial charge in [0.25, 0.3) is 5.91 Å². The summed E-state index contributed by atoms with van der Waals surface area (Å²) in [7, 11) is 0. The lowest BCUT2D eigenvalue weighted by atomic mass is 10.0. The van der Waals surface area contributed by atoms with Crippen LogP contribution >= 0.6 is 11.6 Å². The third-order valence-corrected chi connectivity index (χ3v) is 6.20. The number of ether oxygens (including phenoxy) is 1. The minimum Gasteiger partial charge on any atom is -0.379 e. The molecule has 2 aliphatic heterocycles. The molecule has 1 atom stereocenters. The van der Waals surface area contributed by atoms with Crippen LogP contribution in [0, 0.1) is 5.82 Å². The van der Waals surface area contributed by atoms with Crippen LogP contribution in [0.5, 0.6) is 0 Å². The average molecular weight is 493 g/mol. The van der Waals surface area contributed by atoms with E-state index in [9.17, 15) is 14.0 Å². The molecule has 4 rings (SSSR count). The number of primary amides is 1. The van der Waals surface area contributed by atoms with Gasteiger partial charge < -0.3 is 20.7 Å². The Labute approximate surface area is 203 Å². The van der Waals surface area contributed by atoms with E-state index in [0.717, 1.165) is 13.1 Å². The zero-order valence-electron chi connectivity index (χ0n) is 19.6. The molecule has 34 heavy (non-hydrogen) atoms. The lowest BCUT2D eigenvalue weighted by Gasteiger charge is -2.38. The van der Waals surface area contributed by atoms with Gasteiger partial charge in [-0.1, -0.05) is 11.6 Å². The summed E-state index contributed by atoms with van der Waals surface area (Å²) in [5.74, 6) is -1.23. The van der Waals surface area contributed by atoms with Crippen LogP contribution in [0.3, 0.4) is 0 Å². The number of carbonyl (C=O) groups is 2. The maximum Gasteiger partial charge on any atom is 0.318 e. The molecular weight excluding hydrogens is 463 g/mol. The van der Waals surface area contributed by atoms with E-state index in [1.807, 2.05) is 20.8 Å². The van der Waals surface area contributed by atoms with Crippen LogP contribution in [0.4, 0.5) is 9.18 Å². The largest absolute Gasteiger partial charge is 0.379 e. The summed E-state index contributed by atoms with van der Waals surface area (Å²) in [5.41, 5.74) is 6.95. The number of benzene rings is 1. The van der Waals surface area contributed by atoms with Gasteiger partial charge in [0.1, 0.15) is 11.5 Å². The van der Waals surface area contributed by atoms with E-state index in [1.54, 1.807) is 9.58 Å². The van der Waals surface area contributed by atoms with Gasteiger partial charge in [0.15, 0.2) is 0 Å². The molecule has 1 aromatic carbocycles. The number of nitrogens with two attached hydrogens (primary N) is 1. The SMILES string of the molecule is CC(C)(C)NC(=O)N1Cc2c(C(N)=O)c(-c3ccc(F)c(Cl)c3)nn2[C@@H](CN2CCOCC2)C1. The van der Waals surface area contributed by atoms with Gasteiger partial charge in [-0.2, -0.15) is 5.10 Å². The third-order valence-electron chi connectivity index (χ3n) is 5.91. The minimum atomic E-state index is -0.667. The summed E-state index contributed by atoms with van der Waals surface area (Å²) < 4.78 is 21.0. The van der Waals surface area contributed by atoms with Gasteiger partial charge in [-0.25, -0.2) is 9.18 Å². The number of hydrogen-bond acceptors (Lipinski definition) is 5. The van der Waals surface area contributed by atoms with Crippen LogP contribution in [0.2, 0.25) is 5.02 Å². The van der Waals surface area contributed by atoms with Crippen LogP contribution < -0.4 is 11.1 Å². The predicted molar refractivity (Wildman–Crippen MR) is 126 cm³/mol. The molecular formula is C23H30ClFN6O3. The maximum atomic E-state index is 13.8. The van der Waals surface area contributed by atoms with Gasteiger partial charge in [0, 0.05) is 37.3 Å². The van der Waals surface area contributed by atoms with Crippen molar-refractivity contribution in [1.29, 1.82) is 0 Å². The highest BCUT2D eigenvalue weighted by molar-refractivity contribution is 6.31. The van der Waals surface area contributed by atoms with Crippen molar-refractivity contribution in [2.24, 2.45) is 5.73 Å². The predicted octanol–water partition coefficient (Wildman–Crippen LogP) is 2.64. The van der Waals surface area contributed by atoms with Crippen LogP contribution in [-0.4, -0.2) is 76.5 Å². The fourth-order valence-electron chi connectivity index (χ4n) is 4.38. The first kappa shape index (κ1) is 24.4. The van der Waals surface area contributed by atoms with E-state index in [-0.39, 0.29) is 29.2 Å². The Kier molecular flexibility index (Phi) is 6.84. The number of hydrogen-bond donors (Lipinski definition) is 2. The van der Waals surface area contributed by atoms with Crippen molar-refractivity contribution in [3.63, 3.8) is 0 Å². The van der Waals surface area contributed by atoms with Crippen LogP contribution in [0.15, 0.2) is 18.2 Å². The third kappa shape index (κ3) is 5.18. The first-order valence-electron chi connectivity index (χ1n) is 11.3. The molecule has 3 N–H and O–H groups in total. The molecule has 11 heteroatoms. The number of urea groups is 1. The van der Waals surface area contributed by atoms with Crippen molar-refractivity contribution in [2.45, 2.75) is 38.9 Å². The molecule has 0 bridgehead atoms. The Morgan fingerprint density at radius 1 is 1.29 bits per heavy atom. The first-order chi connectivity index (χ1) is 16.0. The number of fused-ring (bicyclic) bond motifs is 1. The molecule has 3 amide bonds. The highest BCUT2D eigenvalue weighted by Crippen LogP contribution is 2.33. The topological polar surface area (TPSA) is 106 Å². The summed E-state index contributed by atoms with van der Waals surface area (Å²) in [5, 5.41) is 7.67. The molecule has 0 aliphatic carbocycles. The number of morpholine rings is 1. The molecule has 1 aromatic heterocycles. The highest BCUT2D eigenvalue weighted by atomic mass is 35.5. The van der Waals surface area contributed by atoms with Gasteiger partial charge in [-0.3, -0.25) is 14.4 Å². The van der Waals surface area contributed by atoms with E-state index >= 15 is 0 Å². The number of amides is 3. The molecule has 0 radical (unpaired) electrons. The van der Waals surface area contributed by atoms with Crippen molar-refractivity contribution >= 4 is 23.5 Å². The second kappa shape index (κ2) is 9.52. The molecule has 184 valence electrons. The Bertz CT molecular complexity index is 1090. The molecule has 0 saturated carbocycles. The summed E-state index contributed by atoms with van der Waals surface area (Å²) in [4.78, 5) is 29.6. The molecule has 1 fully saturated rings. The van der Waals surface area contributed by atoms with E-state index in [4.69, 9.17) is 27.2 Å². The Hall–Kier alpha value is -2.69. The number of halogens is 2. The number of carbonyl (C=O) groups excluding carboxylic acids is 2. The second-order valence-corrected chi connectivity index (χ2v) is 10.1.